The SMILES string of the molecule is CCOC(=O)C(=O)C(C#N)C(C)(C)C. The van der Waals surface area contributed by atoms with Gasteiger partial charge in [-0.15, -0.1) is 0 Å². The highest BCUT2D eigenvalue weighted by Gasteiger charge is 2.35. The van der Waals surface area contributed by atoms with Crippen LogP contribution in [0.3, 0.4) is 0 Å². The molecule has 0 aliphatic heterocycles. The number of nitriles is 1. The summed E-state index contributed by atoms with van der Waals surface area (Å²) in [5, 5.41) is 8.77. The molecule has 1 unspecified atom stereocenters. The van der Waals surface area contributed by atoms with Gasteiger partial charge in [-0.1, -0.05) is 20.8 Å². The van der Waals surface area contributed by atoms with Crippen LogP contribution < -0.4 is 0 Å². The Labute approximate surface area is 83.9 Å². The number of Topliss-reactive ketones (excluding diaryl/α,β-unsaturated/α-hetero) is 1. The lowest BCUT2D eigenvalue weighted by atomic mass is 9.79. The average molecular weight is 197 g/mol. The zero-order valence-electron chi connectivity index (χ0n) is 8.96. The van der Waals surface area contributed by atoms with Gasteiger partial charge in [0.25, 0.3) is 5.78 Å². The molecule has 0 rings (SSSR count). The molecule has 78 valence electrons. The second kappa shape index (κ2) is 4.75. The van der Waals surface area contributed by atoms with E-state index in [2.05, 4.69) is 4.74 Å². The fourth-order valence-electron chi connectivity index (χ4n) is 0.966. The van der Waals surface area contributed by atoms with Gasteiger partial charge in [-0.2, -0.15) is 5.26 Å². The van der Waals surface area contributed by atoms with Gasteiger partial charge >= 0.3 is 5.97 Å². The zero-order valence-corrected chi connectivity index (χ0v) is 8.96. The predicted octanol–water partition coefficient (Wildman–Crippen LogP) is 1.30. The van der Waals surface area contributed by atoms with Crippen molar-refractivity contribution in [2.75, 3.05) is 6.61 Å². The third kappa shape index (κ3) is 3.17. The maximum absolute atomic E-state index is 11.4. The van der Waals surface area contributed by atoms with Crippen molar-refractivity contribution in [1.29, 1.82) is 5.26 Å². The molecule has 0 aromatic heterocycles. The quantitative estimate of drug-likeness (QED) is 0.505. The minimum absolute atomic E-state index is 0.146. The molecule has 0 bridgehead atoms. The summed E-state index contributed by atoms with van der Waals surface area (Å²) < 4.78 is 4.54. The van der Waals surface area contributed by atoms with E-state index in [1.165, 1.54) is 0 Å². The molecule has 0 amide bonds. The Hall–Kier alpha value is -1.37. The Balaban J connectivity index is 4.67. The zero-order chi connectivity index (χ0) is 11.4. The fraction of sp³-hybridized carbons (Fsp3) is 0.700. The summed E-state index contributed by atoms with van der Waals surface area (Å²) in [6, 6.07) is 1.83. The van der Waals surface area contributed by atoms with E-state index in [1.807, 2.05) is 6.07 Å². The van der Waals surface area contributed by atoms with Gasteiger partial charge in [0.2, 0.25) is 0 Å². The van der Waals surface area contributed by atoms with Crippen LogP contribution >= 0.6 is 0 Å². The normalized spacial score (nSPS) is 12.8. The van der Waals surface area contributed by atoms with Crippen LogP contribution in [-0.4, -0.2) is 18.4 Å². The summed E-state index contributed by atoms with van der Waals surface area (Å²) in [6.07, 6.45) is 0. The van der Waals surface area contributed by atoms with Gasteiger partial charge in [0.15, 0.2) is 0 Å². The molecule has 0 aliphatic carbocycles. The van der Waals surface area contributed by atoms with Crippen LogP contribution in [0.15, 0.2) is 0 Å². The van der Waals surface area contributed by atoms with Gasteiger partial charge in [0.1, 0.15) is 5.92 Å². The summed E-state index contributed by atoms with van der Waals surface area (Å²) in [5.41, 5.74) is -0.543. The van der Waals surface area contributed by atoms with E-state index in [0.717, 1.165) is 0 Å². The highest BCUT2D eigenvalue weighted by molar-refractivity contribution is 6.35. The van der Waals surface area contributed by atoms with E-state index < -0.39 is 23.1 Å². The van der Waals surface area contributed by atoms with Crippen LogP contribution in [0, 0.1) is 22.7 Å². The molecule has 0 aromatic rings. The van der Waals surface area contributed by atoms with Crippen molar-refractivity contribution in [3.05, 3.63) is 0 Å². The number of rotatable bonds is 3. The fourth-order valence-corrected chi connectivity index (χ4v) is 0.966. The number of carbonyl (C=O) groups is 2. The van der Waals surface area contributed by atoms with E-state index in [1.54, 1.807) is 27.7 Å². The Kier molecular flexibility index (Phi) is 4.29. The summed E-state index contributed by atoms with van der Waals surface area (Å²) in [7, 11) is 0. The van der Waals surface area contributed by atoms with Gasteiger partial charge in [0, 0.05) is 0 Å². The summed E-state index contributed by atoms with van der Waals surface area (Å²) in [5.74, 6) is -2.63. The minimum Gasteiger partial charge on any atom is -0.460 e. The smallest absolute Gasteiger partial charge is 0.376 e. The molecule has 0 heterocycles. The summed E-state index contributed by atoms with van der Waals surface area (Å²) in [4.78, 5) is 22.5. The minimum atomic E-state index is -0.943. The second-order valence-electron chi connectivity index (χ2n) is 4.01. The van der Waals surface area contributed by atoms with Gasteiger partial charge in [-0.05, 0) is 12.3 Å². The Bertz CT molecular complexity index is 270. The van der Waals surface area contributed by atoms with Crippen molar-refractivity contribution < 1.29 is 14.3 Å². The Morgan fingerprint density at radius 1 is 1.43 bits per heavy atom. The molecule has 1 atom stereocenters. The van der Waals surface area contributed by atoms with Crippen LogP contribution in [0.1, 0.15) is 27.7 Å². The number of hydrogen-bond donors (Lipinski definition) is 0. The number of hydrogen-bond acceptors (Lipinski definition) is 4. The standard InChI is InChI=1S/C10H15NO3/c1-5-14-9(13)8(12)7(6-11)10(2,3)4/h7H,5H2,1-4H3. The van der Waals surface area contributed by atoms with E-state index in [4.69, 9.17) is 5.26 Å². The van der Waals surface area contributed by atoms with E-state index in [9.17, 15) is 9.59 Å². The molecule has 4 heteroatoms. The molecule has 14 heavy (non-hydrogen) atoms. The first-order valence-electron chi connectivity index (χ1n) is 4.45. The highest BCUT2D eigenvalue weighted by atomic mass is 16.5. The number of nitrogens with zero attached hydrogens (tertiary/aromatic N) is 1. The maximum Gasteiger partial charge on any atom is 0.376 e. The van der Waals surface area contributed by atoms with Crippen LogP contribution in [-0.2, 0) is 14.3 Å². The van der Waals surface area contributed by atoms with Crippen molar-refractivity contribution in [2.45, 2.75) is 27.7 Å². The van der Waals surface area contributed by atoms with Gasteiger partial charge < -0.3 is 4.74 Å². The van der Waals surface area contributed by atoms with Crippen molar-refractivity contribution in [1.82, 2.24) is 0 Å². The van der Waals surface area contributed by atoms with Crippen LogP contribution in [0.4, 0.5) is 0 Å². The van der Waals surface area contributed by atoms with Crippen molar-refractivity contribution in [3.8, 4) is 6.07 Å². The lowest BCUT2D eigenvalue weighted by Crippen LogP contribution is -2.33. The molecule has 0 spiro atoms. The largest absolute Gasteiger partial charge is 0.460 e. The number of esters is 1. The summed E-state index contributed by atoms with van der Waals surface area (Å²) in [6.45, 7) is 6.96. The van der Waals surface area contributed by atoms with E-state index >= 15 is 0 Å². The first-order valence-corrected chi connectivity index (χ1v) is 4.45. The molecule has 4 nitrogen and oxygen atoms in total. The third-order valence-corrected chi connectivity index (χ3v) is 1.73. The lowest BCUT2D eigenvalue weighted by molar-refractivity contribution is -0.155. The second-order valence-corrected chi connectivity index (χ2v) is 4.01. The molecular weight excluding hydrogens is 182 g/mol. The number of carbonyl (C=O) groups excluding carboxylic acids is 2. The lowest BCUT2D eigenvalue weighted by Gasteiger charge is -2.22. The van der Waals surface area contributed by atoms with E-state index in [-0.39, 0.29) is 6.61 Å². The van der Waals surface area contributed by atoms with Crippen LogP contribution in [0.2, 0.25) is 0 Å². The molecule has 0 saturated heterocycles. The van der Waals surface area contributed by atoms with Gasteiger partial charge in [-0.3, -0.25) is 4.79 Å². The predicted molar refractivity (Wildman–Crippen MR) is 50.2 cm³/mol. The monoisotopic (exact) mass is 197 g/mol. The first kappa shape index (κ1) is 12.6. The number of ketones is 1. The maximum atomic E-state index is 11.4. The molecule has 0 fully saturated rings. The number of ether oxygens (including phenoxy) is 1. The molecule has 0 aliphatic rings. The van der Waals surface area contributed by atoms with Crippen molar-refractivity contribution in [3.63, 3.8) is 0 Å². The van der Waals surface area contributed by atoms with Crippen LogP contribution in [0.25, 0.3) is 0 Å². The third-order valence-electron chi connectivity index (χ3n) is 1.73. The first-order chi connectivity index (χ1) is 6.34. The van der Waals surface area contributed by atoms with Gasteiger partial charge in [0.05, 0.1) is 12.7 Å². The Morgan fingerprint density at radius 3 is 2.21 bits per heavy atom. The molecule has 0 saturated carbocycles. The van der Waals surface area contributed by atoms with Crippen molar-refractivity contribution >= 4 is 11.8 Å². The van der Waals surface area contributed by atoms with Crippen molar-refractivity contribution in [2.24, 2.45) is 11.3 Å². The topological polar surface area (TPSA) is 67.2 Å². The Morgan fingerprint density at radius 2 is 1.93 bits per heavy atom. The van der Waals surface area contributed by atoms with E-state index in [0.29, 0.717) is 0 Å². The molecule has 0 aromatic carbocycles. The average Bonchev–Trinajstić information content (AvgIpc) is 2.03. The highest BCUT2D eigenvalue weighted by Crippen LogP contribution is 2.26. The molecular formula is C10H15NO3. The van der Waals surface area contributed by atoms with Crippen LogP contribution in [0.5, 0.6) is 0 Å². The summed E-state index contributed by atoms with van der Waals surface area (Å²) >= 11 is 0. The van der Waals surface area contributed by atoms with Gasteiger partial charge in [-0.25, -0.2) is 4.79 Å². The molecule has 0 radical (unpaired) electrons. The molecule has 0 N–H and O–H groups in total.